The van der Waals surface area contributed by atoms with Gasteiger partial charge in [0.2, 0.25) is 0 Å². The average Bonchev–Trinajstić information content (AvgIpc) is 1.88. The summed E-state index contributed by atoms with van der Waals surface area (Å²) in [5.41, 5.74) is 0. The maximum atomic E-state index is 10.9. The molecular weight excluding hydrogens is 239 g/mol. The van der Waals surface area contributed by atoms with Crippen molar-refractivity contribution in [1.82, 2.24) is 0 Å². The van der Waals surface area contributed by atoms with Gasteiger partial charge in [-0.2, -0.15) is 0 Å². The first-order chi connectivity index (χ1) is 4.70. The van der Waals surface area contributed by atoms with Crippen LogP contribution in [0, 0.1) is 11.8 Å². The Hall–Kier alpha value is 0.400. The SMILES string of the molecule is CC1CCCC(C(=O)I)C1. The summed E-state index contributed by atoms with van der Waals surface area (Å²) in [7, 11) is 0. The van der Waals surface area contributed by atoms with Crippen LogP contribution < -0.4 is 0 Å². The molecule has 1 nitrogen and oxygen atoms in total. The Morgan fingerprint density at radius 3 is 2.60 bits per heavy atom. The van der Waals surface area contributed by atoms with E-state index >= 15 is 0 Å². The Balaban J connectivity index is 2.39. The van der Waals surface area contributed by atoms with Crippen LogP contribution in [0.3, 0.4) is 0 Å². The number of hydrogen-bond acceptors (Lipinski definition) is 1. The molecule has 2 atom stereocenters. The molecule has 1 aliphatic carbocycles. The summed E-state index contributed by atoms with van der Waals surface area (Å²) in [6.45, 7) is 2.24. The van der Waals surface area contributed by atoms with Crippen LogP contribution in [-0.2, 0) is 4.79 Å². The summed E-state index contributed by atoms with van der Waals surface area (Å²) in [5.74, 6) is 1.15. The van der Waals surface area contributed by atoms with E-state index in [1.807, 2.05) is 22.6 Å². The highest BCUT2D eigenvalue weighted by Crippen LogP contribution is 2.30. The maximum Gasteiger partial charge on any atom is 0.195 e. The van der Waals surface area contributed by atoms with Crippen molar-refractivity contribution in [2.24, 2.45) is 11.8 Å². The molecule has 1 aliphatic rings. The molecule has 0 bridgehead atoms. The van der Waals surface area contributed by atoms with Crippen LogP contribution in [-0.4, -0.2) is 3.79 Å². The summed E-state index contributed by atoms with van der Waals surface area (Å²) in [6.07, 6.45) is 4.83. The molecule has 0 amide bonds. The molecule has 1 saturated carbocycles. The van der Waals surface area contributed by atoms with E-state index in [0.29, 0.717) is 9.71 Å². The third-order valence-corrected chi connectivity index (χ3v) is 3.14. The van der Waals surface area contributed by atoms with E-state index < -0.39 is 0 Å². The molecule has 0 N–H and O–H groups in total. The van der Waals surface area contributed by atoms with Crippen LogP contribution in [0.1, 0.15) is 32.6 Å². The van der Waals surface area contributed by atoms with Crippen molar-refractivity contribution in [3.8, 4) is 0 Å². The van der Waals surface area contributed by atoms with Gasteiger partial charge in [-0.3, -0.25) is 4.79 Å². The molecule has 0 heterocycles. The summed E-state index contributed by atoms with van der Waals surface area (Å²) in [4.78, 5) is 10.9. The first-order valence-corrected chi connectivity index (χ1v) is 4.97. The normalized spacial score (nSPS) is 33.8. The zero-order valence-electron chi connectivity index (χ0n) is 6.27. The van der Waals surface area contributed by atoms with Crippen molar-refractivity contribution in [2.75, 3.05) is 0 Å². The second-order valence-electron chi connectivity index (χ2n) is 3.27. The average molecular weight is 252 g/mol. The van der Waals surface area contributed by atoms with Crippen LogP contribution in [0.15, 0.2) is 0 Å². The second-order valence-corrected chi connectivity index (χ2v) is 4.34. The molecule has 58 valence electrons. The highest BCUT2D eigenvalue weighted by atomic mass is 127. The lowest BCUT2D eigenvalue weighted by Gasteiger charge is -2.23. The zero-order valence-corrected chi connectivity index (χ0v) is 8.43. The fourth-order valence-electron chi connectivity index (χ4n) is 1.64. The quantitative estimate of drug-likeness (QED) is 0.518. The number of hydrogen-bond donors (Lipinski definition) is 0. The van der Waals surface area contributed by atoms with Crippen molar-refractivity contribution in [3.05, 3.63) is 0 Å². The molecule has 0 aliphatic heterocycles. The van der Waals surface area contributed by atoms with Crippen molar-refractivity contribution in [3.63, 3.8) is 0 Å². The lowest BCUT2D eigenvalue weighted by Crippen LogP contribution is -2.17. The summed E-state index contributed by atoms with van der Waals surface area (Å²) in [5, 5.41) is 0. The minimum atomic E-state index is 0.365. The fourth-order valence-corrected chi connectivity index (χ4v) is 2.21. The van der Waals surface area contributed by atoms with Gasteiger partial charge in [-0.1, -0.05) is 19.8 Å². The van der Waals surface area contributed by atoms with Gasteiger partial charge in [-0.15, -0.1) is 0 Å². The standard InChI is InChI=1S/C8H13IO/c1-6-3-2-4-7(5-6)8(9)10/h6-7H,2-5H2,1H3. The monoisotopic (exact) mass is 252 g/mol. The second kappa shape index (κ2) is 3.69. The van der Waals surface area contributed by atoms with Gasteiger partial charge in [0.15, 0.2) is 3.79 Å². The van der Waals surface area contributed by atoms with Gasteiger partial charge in [0.05, 0.1) is 0 Å². The molecule has 0 aromatic heterocycles. The van der Waals surface area contributed by atoms with Crippen LogP contribution in [0.5, 0.6) is 0 Å². The fraction of sp³-hybridized carbons (Fsp3) is 0.875. The number of carbonyl (C=O) groups excluding carboxylic acids is 1. The van der Waals surface area contributed by atoms with Crippen LogP contribution in [0.25, 0.3) is 0 Å². The van der Waals surface area contributed by atoms with Gasteiger partial charge >= 0.3 is 0 Å². The molecule has 0 saturated heterocycles. The van der Waals surface area contributed by atoms with Gasteiger partial charge in [-0.25, -0.2) is 0 Å². The first-order valence-electron chi connectivity index (χ1n) is 3.89. The van der Waals surface area contributed by atoms with E-state index in [0.717, 1.165) is 18.8 Å². The van der Waals surface area contributed by atoms with Crippen molar-refractivity contribution in [2.45, 2.75) is 32.6 Å². The predicted molar refractivity (Wildman–Crippen MR) is 50.1 cm³/mol. The Morgan fingerprint density at radius 2 is 2.20 bits per heavy atom. The van der Waals surface area contributed by atoms with Crippen LogP contribution >= 0.6 is 22.6 Å². The summed E-state index contributed by atoms with van der Waals surface area (Å²) >= 11 is 1.93. The molecule has 10 heavy (non-hydrogen) atoms. The highest BCUT2D eigenvalue weighted by Gasteiger charge is 2.22. The van der Waals surface area contributed by atoms with Crippen LogP contribution in [0.2, 0.25) is 0 Å². The lowest BCUT2D eigenvalue weighted by molar-refractivity contribution is -0.113. The smallest absolute Gasteiger partial charge is 0.195 e. The third-order valence-electron chi connectivity index (χ3n) is 2.26. The minimum Gasteiger partial charge on any atom is -0.287 e. The molecule has 0 aromatic carbocycles. The van der Waals surface area contributed by atoms with E-state index in [4.69, 9.17) is 0 Å². The molecule has 0 aromatic rings. The maximum absolute atomic E-state index is 10.9. The Bertz CT molecular complexity index is 133. The minimum absolute atomic E-state index is 0.365. The molecule has 1 rings (SSSR count). The van der Waals surface area contributed by atoms with Gasteiger partial charge < -0.3 is 0 Å². The Kier molecular flexibility index (Phi) is 3.14. The van der Waals surface area contributed by atoms with E-state index in [9.17, 15) is 4.79 Å². The molecule has 0 radical (unpaired) electrons. The Labute approximate surface area is 75.7 Å². The van der Waals surface area contributed by atoms with Crippen LogP contribution in [0.4, 0.5) is 0 Å². The molecule has 2 heteroatoms. The third kappa shape index (κ3) is 2.22. The summed E-state index contributed by atoms with van der Waals surface area (Å²) < 4.78 is 0.365. The number of rotatable bonds is 1. The van der Waals surface area contributed by atoms with Crippen molar-refractivity contribution >= 4 is 26.4 Å². The topological polar surface area (TPSA) is 17.1 Å². The lowest BCUT2D eigenvalue weighted by atomic mass is 9.83. The van der Waals surface area contributed by atoms with Crippen molar-refractivity contribution < 1.29 is 4.79 Å². The van der Waals surface area contributed by atoms with Gasteiger partial charge in [0, 0.05) is 5.92 Å². The van der Waals surface area contributed by atoms with E-state index in [1.165, 1.54) is 12.8 Å². The molecule has 1 fully saturated rings. The largest absolute Gasteiger partial charge is 0.287 e. The van der Waals surface area contributed by atoms with E-state index in [-0.39, 0.29) is 0 Å². The Morgan fingerprint density at radius 1 is 1.50 bits per heavy atom. The van der Waals surface area contributed by atoms with Crippen molar-refractivity contribution in [1.29, 1.82) is 0 Å². The predicted octanol–water partition coefficient (Wildman–Crippen LogP) is 2.77. The van der Waals surface area contributed by atoms with E-state index in [1.54, 1.807) is 0 Å². The number of carbonyl (C=O) groups is 1. The number of halogens is 1. The summed E-state index contributed by atoms with van der Waals surface area (Å²) in [6, 6.07) is 0. The van der Waals surface area contributed by atoms with E-state index in [2.05, 4.69) is 6.92 Å². The zero-order chi connectivity index (χ0) is 7.56. The molecule has 2 unspecified atom stereocenters. The first kappa shape index (κ1) is 8.50. The van der Waals surface area contributed by atoms with Gasteiger partial charge in [-0.05, 0) is 41.4 Å². The molecular formula is C8H13IO. The highest BCUT2D eigenvalue weighted by molar-refractivity contribution is 14.1. The van der Waals surface area contributed by atoms with Gasteiger partial charge in [0.1, 0.15) is 0 Å². The molecule has 0 spiro atoms. The van der Waals surface area contributed by atoms with Gasteiger partial charge in [0.25, 0.3) is 0 Å².